The highest BCUT2D eigenvalue weighted by Crippen LogP contribution is 2.32. The highest BCUT2D eigenvalue weighted by atomic mass is 35.5. The molecule has 0 radical (unpaired) electrons. The van der Waals surface area contributed by atoms with Crippen molar-refractivity contribution in [2.24, 2.45) is 0 Å². The van der Waals surface area contributed by atoms with E-state index in [0.29, 0.717) is 11.4 Å². The Kier molecular flexibility index (Phi) is 4.75. The molecule has 6 heteroatoms. The molecule has 0 aliphatic rings. The van der Waals surface area contributed by atoms with E-state index in [9.17, 15) is 14.5 Å². The Morgan fingerprint density at radius 1 is 1.33 bits per heavy atom. The highest BCUT2D eigenvalue weighted by Gasteiger charge is 2.21. The van der Waals surface area contributed by atoms with Gasteiger partial charge in [-0.3, -0.25) is 10.1 Å². The first kappa shape index (κ1) is 15.3. The van der Waals surface area contributed by atoms with Crippen molar-refractivity contribution in [1.29, 1.82) is 0 Å². The van der Waals surface area contributed by atoms with Gasteiger partial charge < -0.3 is 5.32 Å². The number of hydrogen-bond acceptors (Lipinski definition) is 3. The molecule has 2 aromatic carbocycles. The summed E-state index contributed by atoms with van der Waals surface area (Å²) in [5.41, 5.74) is 0.465. The van der Waals surface area contributed by atoms with E-state index in [1.807, 2.05) is 13.0 Å². The van der Waals surface area contributed by atoms with Gasteiger partial charge in [-0.25, -0.2) is 4.39 Å². The molecule has 1 N–H and O–H groups in total. The van der Waals surface area contributed by atoms with Gasteiger partial charge >= 0.3 is 0 Å². The minimum absolute atomic E-state index is 0.102. The maximum atomic E-state index is 13.9. The normalized spacial score (nSPS) is 12.0. The van der Waals surface area contributed by atoms with Crippen LogP contribution in [0.15, 0.2) is 42.5 Å². The van der Waals surface area contributed by atoms with Gasteiger partial charge in [-0.1, -0.05) is 36.7 Å². The summed E-state index contributed by atoms with van der Waals surface area (Å²) < 4.78 is 13.9. The predicted molar refractivity (Wildman–Crippen MR) is 81.2 cm³/mol. The molecule has 2 rings (SSSR count). The summed E-state index contributed by atoms with van der Waals surface area (Å²) in [5, 5.41) is 14.5. The average molecular weight is 309 g/mol. The van der Waals surface area contributed by atoms with E-state index in [0.717, 1.165) is 5.56 Å². The quantitative estimate of drug-likeness (QED) is 0.628. The molecule has 1 atom stereocenters. The molecule has 0 aromatic heterocycles. The molecular formula is C15H14ClFN2O2. The number of nitro benzene ring substituents is 1. The van der Waals surface area contributed by atoms with Crippen LogP contribution < -0.4 is 5.32 Å². The number of nitrogens with one attached hydrogen (secondary N) is 1. The first-order valence-corrected chi connectivity index (χ1v) is 6.85. The van der Waals surface area contributed by atoms with Gasteiger partial charge in [0.25, 0.3) is 5.69 Å². The number of benzene rings is 2. The molecule has 0 amide bonds. The van der Waals surface area contributed by atoms with E-state index in [1.54, 1.807) is 18.2 Å². The second kappa shape index (κ2) is 6.54. The lowest BCUT2D eigenvalue weighted by molar-refractivity contribution is -0.384. The van der Waals surface area contributed by atoms with Gasteiger partial charge in [0.1, 0.15) is 5.69 Å². The average Bonchev–Trinajstić information content (AvgIpc) is 2.45. The second-order valence-corrected chi connectivity index (χ2v) is 4.99. The Morgan fingerprint density at radius 2 is 2.05 bits per heavy atom. The number of para-hydroxylation sites is 1. The molecule has 0 aliphatic heterocycles. The molecule has 0 saturated heterocycles. The molecule has 2 aromatic rings. The summed E-state index contributed by atoms with van der Waals surface area (Å²) >= 11 is 5.95. The molecule has 0 saturated carbocycles. The molecule has 1 unspecified atom stereocenters. The van der Waals surface area contributed by atoms with Gasteiger partial charge in [0, 0.05) is 11.1 Å². The van der Waals surface area contributed by atoms with Crippen LogP contribution in [0.25, 0.3) is 0 Å². The summed E-state index contributed by atoms with van der Waals surface area (Å²) in [6, 6.07) is 10.7. The number of anilines is 1. The predicted octanol–water partition coefficient (Wildman–Crippen LogP) is 4.95. The van der Waals surface area contributed by atoms with Crippen LogP contribution in [-0.4, -0.2) is 4.92 Å². The van der Waals surface area contributed by atoms with Gasteiger partial charge in [0.15, 0.2) is 5.82 Å². The Bertz CT molecular complexity index is 664. The van der Waals surface area contributed by atoms with Crippen LogP contribution in [-0.2, 0) is 0 Å². The monoisotopic (exact) mass is 308 g/mol. The summed E-state index contributed by atoms with van der Waals surface area (Å²) in [7, 11) is 0. The number of nitrogens with zero attached hydrogens (tertiary/aromatic N) is 1. The smallest absolute Gasteiger partial charge is 0.295 e. The lowest BCUT2D eigenvalue weighted by Crippen LogP contribution is -2.12. The topological polar surface area (TPSA) is 55.2 Å². The number of halogens is 2. The zero-order valence-electron chi connectivity index (χ0n) is 11.3. The van der Waals surface area contributed by atoms with E-state index in [4.69, 9.17) is 11.6 Å². The molecule has 0 bridgehead atoms. The van der Waals surface area contributed by atoms with Crippen molar-refractivity contribution in [3.05, 3.63) is 69.0 Å². The standard InChI is InChI=1S/C15H14ClFN2O2/c1-2-13(10-5-3-6-11(16)9-10)18-15-12(17)7-4-8-14(15)19(20)21/h3-9,13,18H,2H2,1H3. The van der Waals surface area contributed by atoms with Crippen molar-refractivity contribution in [3.63, 3.8) is 0 Å². The van der Waals surface area contributed by atoms with Gasteiger partial charge in [0.05, 0.1) is 11.0 Å². The third kappa shape index (κ3) is 3.49. The first-order chi connectivity index (χ1) is 10.0. The van der Waals surface area contributed by atoms with E-state index in [-0.39, 0.29) is 17.4 Å². The molecule has 4 nitrogen and oxygen atoms in total. The molecule has 0 spiro atoms. The molecule has 0 aliphatic carbocycles. The Labute approximate surface area is 126 Å². The SMILES string of the molecule is CCC(Nc1c(F)cccc1[N+](=O)[O-])c1cccc(Cl)c1. The second-order valence-electron chi connectivity index (χ2n) is 4.55. The van der Waals surface area contributed by atoms with Crippen molar-refractivity contribution >= 4 is 23.0 Å². The van der Waals surface area contributed by atoms with Crippen molar-refractivity contribution in [1.82, 2.24) is 0 Å². The fraction of sp³-hybridized carbons (Fsp3) is 0.200. The van der Waals surface area contributed by atoms with Gasteiger partial charge in [0.2, 0.25) is 0 Å². The van der Waals surface area contributed by atoms with Gasteiger partial charge in [-0.05, 0) is 30.2 Å². The Hall–Kier alpha value is -2.14. The van der Waals surface area contributed by atoms with Crippen molar-refractivity contribution in [3.8, 4) is 0 Å². The molecular weight excluding hydrogens is 295 g/mol. The van der Waals surface area contributed by atoms with Gasteiger partial charge in [-0.2, -0.15) is 0 Å². The number of nitro groups is 1. The Balaban J connectivity index is 2.37. The number of rotatable bonds is 5. The first-order valence-electron chi connectivity index (χ1n) is 6.47. The van der Waals surface area contributed by atoms with Crippen LogP contribution in [0, 0.1) is 15.9 Å². The van der Waals surface area contributed by atoms with Crippen LogP contribution in [0.4, 0.5) is 15.8 Å². The molecule has 110 valence electrons. The van der Waals surface area contributed by atoms with E-state index < -0.39 is 10.7 Å². The molecule has 21 heavy (non-hydrogen) atoms. The summed E-state index contributed by atoms with van der Waals surface area (Å²) in [6.07, 6.45) is 0.631. The zero-order chi connectivity index (χ0) is 15.4. The largest absolute Gasteiger partial charge is 0.370 e. The van der Waals surface area contributed by atoms with Crippen LogP contribution in [0.1, 0.15) is 24.9 Å². The van der Waals surface area contributed by atoms with Crippen LogP contribution in [0.3, 0.4) is 0 Å². The summed E-state index contributed by atoms with van der Waals surface area (Å²) in [5.74, 6) is -0.648. The highest BCUT2D eigenvalue weighted by molar-refractivity contribution is 6.30. The third-order valence-electron chi connectivity index (χ3n) is 3.17. The van der Waals surface area contributed by atoms with Crippen LogP contribution >= 0.6 is 11.6 Å². The van der Waals surface area contributed by atoms with E-state index in [1.165, 1.54) is 18.2 Å². The van der Waals surface area contributed by atoms with Crippen LogP contribution in [0.5, 0.6) is 0 Å². The van der Waals surface area contributed by atoms with E-state index >= 15 is 0 Å². The van der Waals surface area contributed by atoms with E-state index in [2.05, 4.69) is 5.32 Å². The Morgan fingerprint density at radius 3 is 2.67 bits per heavy atom. The number of hydrogen-bond donors (Lipinski definition) is 1. The maximum Gasteiger partial charge on any atom is 0.295 e. The zero-order valence-corrected chi connectivity index (χ0v) is 12.1. The minimum atomic E-state index is -0.648. The maximum absolute atomic E-state index is 13.9. The summed E-state index contributed by atoms with van der Waals surface area (Å²) in [6.45, 7) is 1.91. The molecule has 0 heterocycles. The van der Waals surface area contributed by atoms with Crippen molar-refractivity contribution in [2.75, 3.05) is 5.32 Å². The van der Waals surface area contributed by atoms with Crippen molar-refractivity contribution < 1.29 is 9.31 Å². The lowest BCUT2D eigenvalue weighted by atomic mass is 10.0. The fourth-order valence-corrected chi connectivity index (χ4v) is 2.33. The third-order valence-corrected chi connectivity index (χ3v) is 3.40. The fourth-order valence-electron chi connectivity index (χ4n) is 2.13. The van der Waals surface area contributed by atoms with Crippen LogP contribution in [0.2, 0.25) is 5.02 Å². The molecule has 0 fully saturated rings. The minimum Gasteiger partial charge on any atom is -0.370 e. The lowest BCUT2D eigenvalue weighted by Gasteiger charge is -2.19. The summed E-state index contributed by atoms with van der Waals surface area (Å²) in [4.78, 5) is 10.4. The van der Waals surface area contributed by atoms with Gasteiger partial charge in [-0.15, -0.1) is 0 Å². The van der Waals surface area contributed by atoms with Crippen molar-refractivity contribution in [2.45, 2.75) is 19.4 Å².